The van der Waals surface area contributed by atoms with Gasteiger partial charge in [0, 0.05) is 8.95 Å². The lowest BCUT2D eigenvalue weighted by molar-refractivity contribution is 1.14. The van der Waals surface area contributed by atoms with E-state index in [1.807, 2.05) is 24.3 Å². The molecule has 0 saturated heterocycles. The summed E-state index contributed by atoms with van der Waals surface area (Å²) >= 11 is 13.8. The molecule has 0 N–H and O–H groups in total. The number of hydrogen-bond acceptors (Lipinski definition) is 0. The van der Waals surface area contributed by atoms with Crippen molar-refractivity contribution in [1.82, 2.24) is 0 Å². The maximum absolute atomic E-state index is 6.74. The molecule has 0 fully saturated rings. The first-order valence-corrected chi connectivity index (χ1v) is 8.26. The molecule has 1 atom stereocenters. The second-order valence-corrected chi connectivity index (χ2v) is 6.80. The molecule has 0 bridgehead atoms. The topological polar surface area (TPSA) is 0 Å². The molecule has 3 aromatic rings. The van der Waals surface area contributed by atoms with Crippen LogP contribution in [0, 0.1) is 0 Å². The van der Waals surface area contributed by atoms with Crippen molar-refractivity contribution in [2.45, 2.75) is 5.38 Å². The lowest BCUT2D eigenvalue weighted by atomic mass is 9.98. The van der Waals surface area contributed by atoms with Crippen molar-refractivity contribution in [3.05, 3.63) is 80.7 Å². The first-order chi connectivity index (χ1) is 9.66. The summed E-state index contributed by atoms with van der Waals surface area (Å²) in [5.74, 6) is 0. The Bertz CT molecular complexity index is 763. The fourth-order valence-corrected chi connectivity index (χ4v) is 3.70. The molecular formula is C17H11Br2Cl. The Hall–Kier alpha value is -0.830. The molecule has 20 heavy (non-hydrogen) atoms. The molecule has 0 spiro atoms. The highest BCUT2D eigenvalue weighted by Crippen LogP contribution is 2.38. The molecule has 0 saturated carbocycles. The van der Waals surface area contributed by atoms with Crippen LogP contribution in [-0.4, -0.2) is 0 Å². The minimum atomic E-state index is -0.187. The van der Waals surface area contributed by atoms with Gasteiger partial charge in [-0.15, -0.1) is 11.6 Å². The Labute approximate surface area is 140 Å². The standard InChI is InChI=1S/C17H11Br2Cl/c18-12-8-9-16(19)15(10-12)17(20)14-7-3-5-11-4-1-2-6-13(11)14/h1-10,17H. The van der Waals surface area contributed by atoms with Crippen LogP contribution in [0.1, 0.15) is 16.5 Å². The Morgan fingerprint density at radius 2 is 1.55 bits per heavy atom. The molecule has 0 heterocycles. The van der Waals surface area contributed by atoms with Crippen molar-refractivity contribution in [3.8, 4) is 0 Å². The van der Waals surface area contributed by atoms with Crippen LogP contribution in [0.5, 0.6) is 0 Å². The second-order valence-electron chi connectivity index (χ2n) is 4.60. The fourth-order valence-electron chi connectivity index (χ4n) is 2.35. The number of fused-ring (bicyclic) bond motifs is 1. The van der Waals surface area contributed by atoms with E-state index in [1.165, 1.54) is 10.8 Å². The highest BCUT2D eigenvalue weighted by molar-refractivity contribution is 9.11. The van der Waals surface area contributed by atoms with Gasteiger partial charge < -0.3 is 0 Å². The predicted molar refractivity (Wildman–Crippen MR) is 93.5 cm³/mol. The van der Waals surface area contributed by atoms with Gasteiger partial charge in [0.2, 0.25) is 0 Å². The number of rotatable bonds is 2. The monoisotopic (exact) mass is 408 g/mol. The van der Waals surface area contributed by atoms with Crippen LogP contribution in [0.4, 0.5) is 0 Å². The first kappa shape index (κ1) is 14.1. The van der Waals surface area contributed by atoms with Crippen molar-refractivity contribution >= 4 is 54.2 Å². The van der Waals surface area contributed by atoms with Crippen LogP contribution in [0.25, 0.3) is 10.8 Å². The molecule has 1 unspecified atom stereocenters. The molecule has 0 radical (unpaired) electrons. The average Bonchev–Trinajstić information content (AvgIpc) is 2.48. The van der Waals surface area contributed by atoms with Gasteiger partial charge in [0.15, 0.2) is 0 Å². The third-order valence-corrected chi connectivity index (χ3v) is 5.01. The minimum absolute atomic E-state index is 0.187. The van der Waals surface area contributed by atoms with Gasteiger partial charge in [0.1, 0.15) is 0 Å². The van der Waals surface area contributed by atoms with Crippen LogP contribution < -0.4 is 0 Å². The van der Waals surface area contributed by atoms with E-state index >= 15 is 0 Å². The Kier molecular flexibility index (Phi) is 4.16. The third kappa shape index (κ3) is 2.65. The number of benzene rings is 3. The molecule has 0 aliphatic carbocycles. The number of halogens is 3. The molecule has 0 aliphatic heterocycles. The summed E-state index contributed by atoms with van der Waals surface area (Å²) in [5, 5.41) is 2.22. The lowest BCUT2D eigenvalue weighted by Crippen LogP contribution is -1.96. The summed E-state index contributed by atoms with van der Waals surface area (Å²) in [6.07, 6.45) is 0. The zero-order valence-electron chi connectivity index (χ0n) is 10.5. The normalized spacial score (nSPS) is 12.6. The summed E-state index contributed by atoms with van der Waals surface area (Å²) in [5.41, 5.74) is 2.20. The third-order valence-electron chi connectivity index (χ3n) is 3.33. The van der Waals surface area contributed by atoms with E-state index in [0.29, 0.717) is 0 Å². The molecule has 3 rings (SSSR count). The summed E-state index contributed by atoms with van der Waals surface area (Å²) in [6, 6.07) is 20.6. The fraction of sp³-hybridized carbons (Fsp3) is 0.0588. The maximum Gasteiger partial charge on any atom is 0.0852 e. The smallest absolute Gasteiger partial charge is 0.0852 e. The maximum atomic E-state index is 6.74. The van der Waals surface area contributed by atoms with Gasteiger partial charge in [-0.25, -0.2) is 0 Å². The van der Waals surface area contributed by atoms with Crippen LogP contribution in [0.3, 0.4) is 0 Å². The molecule has 0 aliphatic rings. The summed E-state index contributed by atoms with van der Waals surface area (Å²) < 4.78 is 2.05. The van der Waals surface area contributed by atoms with E-state index < -0.39 is 0 Å². The van der Waals surface area contributed by atoms with Gasteiger partial charge >= 0.3 is 0 Å². The summed E-state index contributed by atoms with van der Waals surface area (Å²) in [7, 11) is 0. The van der Waals surface area contributed by atoms with Gasteiger partial charge in [-0.2, -0.15) is 0 Å². The van der Waals surface area contributed by atoms with E-state index in [2.05, 4.69) is 68.3 Å². The van der Waals surface area contributed by atoms with Crippen molar-refractivity contribution in [2.24, 2.45) is 0 Å². The van der Waals surface area contributed by atoms with Gasteiger partial charge in [-0.1, -0.05) is 74.3 Å². The van der Waals surface area contributed by atoms with Gasteiger partial charge in [-0.05, 0) is 40.1 Å². The second kappa shape index (κ2) is 5.88. The van der Waals surface area contributed by atoms with Crippen LogP contribution in [0.2, 0.25) is 0 Å². The molecular weight excluding hydrogens is 399 g/mol. The lowest BCUT2D eigenvalue weighted by Gasteiger charge is -2.15. The Morgan fingerprint density at radius 1 is 0.800 bits per heavy atom. The molecule has 0 amide bonds. The van der Waals surface area contributed by atoms with Gasteiger partial charge in [-0.3, -0.25) is 0 Å². The van der Waals surface area contributed by atoms with Crippen molar-refractivity contribution in [3.63, 3.8) is 0 Å². The number of hydrogen-bond donors (Lipinski definition) is 0. The van der Waals surface area contributed by atoms with Crippen molar-refractivity contribution < 1.29 is 0 Å². The first-order valence-electron chi connectivity index (χ1n) is 6.23. The van der Waals surface area contributed by atoms with Crippen LogP contribution >= 0.6 is 43.5 Å². The van der Waals surface area contributed by atoms with Gasteiger partial charge in [0.25, 0.3) is 0 Å². The zero-order valence-corrected chi connectivity index (χ0v) is 14.4. The Morgan fingerprint density at radius 3 is 2.40 bits per heavy atom. The SMILES string of the molecule is ClC(c1cc(Br)ccc1Br)c1cccc2ccccc12. The molecule has 0 nitrogen and oxygen atoms in total. The van der Waals surface area contributed by atoms with Crippen molar-refractivity contribution in [2.75, 3.05) is 0 Å². The van der Waals surface area contributed by atoms with Gasteiger partial charge in [0.05, 0.1) is 5.38 Å². The molecule has 3 aromatic carbocycles. The molecule has 0 aromatic heterocycles. The van der Waals surface area contributed by atoms with Crippen LogP contribution in [0.15, 0.2) is 69.6 Å². The summed E-state index contributed by atoms with van der Waals surface area (Å²) in [4.78, 5) is 0. The highest BCUT2D eigenvalue weighted by atomic mass is 79.9. The highest BCUT2D eigenvalue weighted by Gasteiger charge is 2.16. The largest absolute Gasteiger partial charge is 0.113 e. The zero-order chi connectivity index (χ0) is 14.1. The van der Waals surface area contributed by atoms with Crippen molar-refractivity contribution in [1.29, 1.82) is 0 Å². The van der Waals surface area contributed by atoms with E-state index in [4.69, 9.17) is 11.6 Å². The quantitative estimate of drug-likeness (QED) is 0.413. The van der Waals surface area contributed by atoms with Crippen LogP contribution in [-0.2, 0) is 0 Å². The summed E-state index contributed by atoms with van der Waals surface area (Å²) in [6.45, 7) is 0. The van der Waals surface area contributed by atoms with E-state index in [9.17, 15) is 0 Å². The minimum Gasteiger partial charge on any atom is -0.113 e. The number of alkyl halides is 1. The predicted octanol–water partition coefficient (Wildman–Crippen LogP) is 6.69. The average molecular weight is 411 g/mol. The molecule has 100 valence electrons. The van der Waals surface area contributed by atoms with E-state index in [1.54, 1.807) is 0 Å². The molecule has 3 heteroatoms. The van der Waals surface area contributed by atoms with E-state index in [0.717, 1.165) is 20.1 Å². The van der Waals surface area contributed by atoms with E-state index in [-0.39, 0.29) is 5.38 Å². The Balaban J connectivity index is 2.17.